The molecule has 1 amide bonds. The molecule has 3 N–H and O–H groups in total. The van der Waals surface area contributed by atoms with Crippen molar-refractivity contribution in [1.82, 2.24) is 15.3 Å². The van der Waals surface area contributed by atoms with Crippen LogP contribution in [0.5, 0.6) is 11.5 Å². The van der Waals surface area contributed by atoms with Gasteiger partial charge < -0.3 is 29.8 Å². The second kappa shape index (κ2) is 8.96. The predicted molar refractivity (Wildman–Crippen MR) is 142 cm³/mol. The van der Waals surface area contributed by atoms with Gasteiger partial charge in [0, 0.05) is 34.8 Å². The summed E-state index contributed by atoms with van der Waals surface area (Å²) in [6.07, 6.45) is 6.63. The molecule has 8 nitrogen and oxygen atoms in total. The molecule has 1 saturated carbocycles. The number of aromatic nitrogens is 2. The van der Waals surface area contributed by atoms with Crippen LogP contribution in [-0.2, 0) is 10.2 Å². The molecule has 1 spiro atoms. The summed E-state index contributed by atoms with van der Waals surface area (Å²) >= 11 is 6.42. The maximum atomic E-state index is 13.3. The Balaban J connectivity index is 1.47. The summed E-state index contributed by atoms with van der Waals surface area (Å²) in [6, 6.07) is 7.41. The molecule has 3 aromatic rings. The summed E-state index contributed by atoms with van der Waals surface area (Å²) in [5, 5.41) is 7.09. The van der Waals surface area contributed by atoms with Crippen molar-refractivity contribution in [1.29, 1.82) is 0 Å². The zero-order chi connectivity index (χ0) is 25.8. The number of rotatable bonds is 7. The van der Waals surface area contributed by atoms with Gasteiger partial charge in [0.15, 0.2) is 5.75 Å². The molecule has 1 aliphatic carbocycles. The summed E-state index contributed by atoms with van der Waals surface area (Å²) in [4.78, 5) is 21.3. The van der Waals surface area contributed by atoms with Crippen LogP contribution in [0.25, 0.3) is 11.3 Å². The standard InChI is InChI=1S/C28H31ClN4O4/c1-27(2)15-37-20(27)13-36-19-12-30-11-8-16(19)22-23(32-18-7-4-6-17(29)24(18)35-3)21-25(33-22)28(9-5-10-28)14-31-26(21)34/h4,6-8,11-12,20,32-33H,5,9-10,13-15H2,1-3H3,(H,31,34). The Bertz CT molecular complexity index is 1360. The Morgan fingerprint density at radius 3 is 2.78 bits per heavy atom. The predicted octanol–water partition coefficient (Wildman–Crippen LogP) is 5.45. The van der Waals surface area contributed by atoms with Crippen LogP contribution < -0.4 is 20.1 Å². The number of pyridine rings is 1. The van der Waals surface area contributed by atoms with Gasteiger partial charge in [-0.1, -0.05) is 37.9 Å². The van der Waals surface area contributed by atoms with Gasteiger partial charge in [0.1, 0.15) is 12.4 Å². The van der Waals surface area contributed by atoms with Crippen molar-refractivity contribution in [3.05, 3.63) is 52.9 Å². The van der Waals surface area contributed by atoms with Crippen LogP contribution in [0.3, 0.4) is 0 Å². The monoisotopic (exact) mass is 522 g/mol. The molecular weight excluding hydrogens is 492 g/mol. The Kier molecular flexibility index (Phi) is 5.84. The van der Waals surface area contributed by atoms with E-state index in [4.69, 9.17) is 25.8 Å². The number of hydrogen-bond donors (Lipinski definition) is 3. The fraction of sp³-hybridized carbons (Fsp3) is 0.429. The van der Waals surface area contributed by atoms with E-state index in [1.54, 1.807) is 25.6 Å². The fourth-order valence-electron chi connectivity index (χ4n) is 5.53. The highest BCUT2D eigenvalue weighted by molar-refractivity contribution is 6.32. The number of fused-ring (bicyclic) bond motifs is 2. The summed E-state index contributed by atoms with van der Waals surface area (Å²) in [5.74, 6) is 1.02. The van der Waals surface area contributed by atoms with E-state index in [9.17, 15) is 4.79 Å². The number of amides is 1. The number of hydrogen-bond acceptors (Lipinski definition) is 6. The third-order valence-corrected chi connectivity index (χ3v) is 8.36. The van der Waals surface area contributed by atoms with Crippen molar-refractivity contribution in [3.8, 4) is 22.8 Å². The topological polar surface area (TPSA) is 97.5 Å². The molecule has 194 valence electrons. The third kappa shape index (κ3) is 3.94. The van der Waals surface area contributed by atoms with Crippen LogP contribution in [0.1, 0.15) is 49.2 Å². The fourth-order valence-corrected chi connectivity index (χ4v) is 5.78. The first-order valence-corrected chi connectivity index (χ1v) is 13.0. The van der Waals surface area contributed by atoms with E-state index in [-0.39, 0.29) is 22.8 Å². The molecule has 1 aromatic carbocycles. The van der Waals surface area contributed by atoms with Gasteiger partial charge in [-0.3, -0.25) is 9.78 Å². The Morgan fingerprint density at radius 2 is 2.11 bits per heavy atom. The summed E-state index contributed by atoms with van der Waals surface area (Å²) in [5.41, 5.74) is 4.47. The molecule has 37 heavy (non-hydrogen) atoms. The second-order valence-electron chi connectivity index (χ2n) is 10.9. The first kappa shape index (κ1) is 24.1. The molecule has 0 bridgehead atoms. The molecule has 1 saturated heterocycles. The smallest absolute Gasteiger partial charge is 0.255 e. The minimum Gasteiger partial charge on any atom is -0.493 e. The molecule has 9 heteroatoms. The maximum Gasteiger partial charge on any atom is 0.255 e. The van der Waals surface area contributed by atoms with E-state index in [1.807, 2.05) is 18.2 Å². The number of carbonyl (C=O) groups is 1. The number of nitrogens with zero attached hydrogens (tertiary/aromatic N) is 1. The number of carbonyl (C=O) groups excluding carboxylic acids is 1. The third-order valence-electron chi connectivity index (χ3n) is 8.06. The summed E-state index contributed by atoms with van der Waals surface area (Å²) < 4.78 is 17.6. The molecular formula is C28H31ClN4O4. The Hall–Kier alpha value is -3.23. The Morgan fingerprint density at radius 1 is 1.27 bits per heavy atom. The van der Waals surface area contributed by atoms with Crippen LogP contribution in [0.2, 0.25) is 5.02 Å². The molecule has 2 aromatic heterocycles. The zero-order valence-corrected chi connectivity index (χ0v) is 22.0. The minimum atomic E-state index is -0.111. The lowest BCUT2D eigenvalue weighted by Crippen LogP contribution is -2.50. The van der Waals surface area contributed by atoms with Gasteiger partial charge in [0.2, 0.25) is 0 Å². The van der Waals surface area contributed by atoms with Crippen molar-refractivity contribution in [2.75, 3.05) is 32.2 Å². The average Bonchev–Trinajstić information content (AvgIpc) is 3.23. The molecule has 4 heterocycles. The number of aromatic amines is 1. The van der Waals surface area contributed by atoms with Crippen LogP contribution >= 0.6 is 11.6 Å². The highest BCUT2D eigenvalue weighted by Crippen LogP contribution is 2.51. The SMILES string of the molecule is COc1c(Cl)cccc1Nc1c(-c2ccncc2OCC2OCC2(C)C)[nH]c2c1C(=O)NCC21CCC1. The molecule has 1 atom stereocenters. The van der Waals surface area contributed by atoms with Crippen LogP contribution in [0.4, 0.5) is 11.4 Å². The lowest BCUT2D eigenvalue weighted by atomic mass is 9.64. The van der Waals surface area contributed by atoms with E-state index in [1.165, 1.54) is 0 Å². The van der Waals surface area contributed by atoms with Crippen molar-refractivity contribution >= 4 is 28.9 Å². The van der Waals surface area contributed by atoms with Crippen molar-refractivity contribution in [2.45, 2.75) is 44.6 Å². The number of para-hydroxylation sites is 1. The molecule has 2 fully saturated rings. The van der Waals surface area contributed by atoms with Crippen molar-refractivity contribution < 1.29 is 19.0 Å². The van der Waals surface area contributed by atoms with Gasteiger partial charge in [-0.15, -0.1) is 0 Å². The number of halogens is 1. The maximum absolute atomic E-state index is 13.3. The van der Waals surface area contributed by atoms with Crippen molar-refractivity contribution in [2.24, 2.45) is 5.41 Å². The van der Waals surface area contributed by atoms with Gasteiger partial charge in [-0.2, -0.15) is 0 Å². The number of methoxy groups -OCH3 is 1. The average molecular weight is 523 g/mol. The van der Waals surface area contributed by atoms with E-state index >= 15 is 0 Å². The highest BCUT2D eigenvalue weighted by Gasteiger charge is 2.47. The van der Waals surface area contributed by atoms with Crippen LogP contribution in [0, 0.1) is 5.41 Å². The summed E-state index contributed by atoms with van der Waals surface area (Å²) in [7, 11) is 1.58. The van der Waals surface area contributed by atoms with E-state index in [0.717, 1.165) is 42.8 Å². The van der Waals surface area contributed by atoms with E-state index < -0.39 is 0 Å². The number of benzene rings is 1. The summed E-state index contributed by atoms with van der Waals surface area (Å²) in [6.45, 7) is 6.11. The number of ether oxygens (including phenoxy) is 3. The first-order valence-electron chi connectivity index (χ1n) is 12.7. The molecule has 2 aliphatic heterocycles. The number of anilines is 2. The van der Waals surface area contributed by atoms with Gasteiger partial charge in [0.25, 0.3) is 5.91 Å². The molecule has 3 aliphatic rings. The largest absolute Gasteiger partial charge is 0.493 e. The van der Waals surface area contributed by atoms with E-state index in [0.29, 0.717) is 46.6 Å². The van der Waals surface area contributed by atoms with Crippen LogP contribution in [0.15, 0.2) is 36.7 Å². The molecule has 1 unspecified atom stereocenters. The van der Waals surface area contributed by atoms with Gasteiger partial charge in [-0.05, 0) is 31.0 Å². The lowest BCUT2D eigenvalue weighted by molar-refractivity contribution is -0.180. The normalized spacial score (nSPS) is 20.9. The number of nitrogens with one attached hydrogen (secondary N) is 3. The zero-order valence-electron chi connectivity index (χ0n) is 21.2. The van der Waals surface area contributed by atoms with Gasteiger partial charge in [-0.25, -0.2) is 0 Å². The van der Waals surface area contributed by atoms with E-state index in [2.05, 4.69) is 34.4 Å². The quantitative estimate of drug-likeness (QED) is 0.381. The Labute approximate surface area is 221 Å². The minimum absolute atomic E-state index is 0.00902. The molecule has 6 rings (SSSR count). The first-order chi connectivity index (χ1) is 17.8. The van der Waals surface area contributed by atoms with Gasteiger partial charge in [0.05, 0.1) is 53.7 Å². The van der Waals surface area contributed by atoms with Gasteiger partial charge >= 0.3 is 0 Å². The number of H-pyrrole nitrogens is 1. The second-order valence-corrected chi connectivity index (χ2v) is 11.3. The molecule has 0 radical (unpaired) electrons. The lowest BCUT2D eigenvalue weighted by Gasteiger charge is -2.44. The highest BCUT2D eigenvalue weighted by atomic mass is 35.5. The van der Waals surface area contributed by atoms with Crippen LogP contribution in [-0.4, -0.2) is 48.8 Å². The van der Waals surface area contributed by atoms with Crippen molar-refractivity contribution in [3.63, 3.8) is 0 Å².